The van der Waals surface area contributed by atoms with Gasteiger partial charge in [0, 0.05) is 32.1 Å². The molecule has 12 heteroatoms. The van der Waals surface area contributed by atoms with Crippen molar-refractivity contribution in [1.82, 2.24) is 4.31 Å². The van der Waals surface area contributed by atoms with Crippen molar-refractivity contribution in [3.8, 4) is 0 Å². The van der Waals surface area contributed by atoms with Crippen molar-refractivity contribution >= 4 is 33.4 Å². The van der Waals surface area contributed by atoms with Crippen LogP contribution in [0, 0.1) is 15.5 Å². The number of ketones is 1. The van der Waals surface area contributed by atoms with Crippen molar-refractivity contribution in [2.75, 3.05) is 14.2 Å². The molecule has 0 N–H and O–H groups in total. The molecule has 160 valence electrons. The Morgan fingerprint density at radius 3 is 2.50 bits per heavy atom. The van der Waals surface area contributed by atoms with Crippen LogP contribution in [0.1, 0.15) is 12.8 Å². The van der Waals surface area contributed by atoms with Crippen molar-refractivity contribution < 1.29 is 37.2 Å². The van der Waals surface area contributed by atoms with Crippen molar-refractivity contribution in [2.45, 2.75) is 29.9 Å². The van der Waals surface area contributed by atoms with E-state index in [-0.39, 0.29) is 6.42 Å². The minimum atomic E-state index is -4.82. The number of benzene rings is 1. The van der Waals surface area contributed by atoms with Gasteiger partial charge in [-0.25, -0.2) is 12.7 Å². The third kappa shape index (κ3) is 3.08. The first-order valence-corrected chi connectivity index (χ1v) is 10.2. The number of sulfonamides is 1. The molecule has 1 amide bonds. The summed E-state index contributed by atoms with van der Waals surface area (Å²) in [6, 6.07) is 3.01. The molecule has 1 heterocycles. The Morgan fingerprint density at radius 1 is 1.23 bits per heavy atom. The summed E-state index contributed by atoms with van der Waals surface area (Å²) in [6.45, 7) is 0. The molecule has 1 fully saturated rings. The van der Waals surface area contributed by atoms with Crippen LogP contribution >= 0.6 is 0 Å². The van der Waals surface area contributed by atoms with E-state index < -0.39 is 67.2 Å². The average Bonchev–Trinajstić information content (AvgIpc) is 2.72. The lowest BCUT2D eigenvalue weighted by Gasteiger charge is -2.49. The van der Waals surface area contributed by atoms with Crippen LogP contribution in [0.2, 0.25) is 0 Å². The fourth-order valence-electron chi connectivity index (χ4n) is 4.00. The lowest BCUT2D eigenvalue weighted by molar-refractivity contribution is -0.387. The monoisotopic (exact) mass is 438 g/mol. The van der Waals surface area contributed by atoms with Crippen molar-refractivity contribution in [2.24, 2.45) is 5.41 Å². The number of hydrogen-bond donors (Lipinski definition) is 0. The van der Waals surface area contributed by atoms with E-state index in [1.165, 1.54) is 25.3 Å². The summed E-state index contributed by atoms with van der Waals surface area (Å²) in [6.07, 6.45) is 0.314. The van der Waals surface area contributed by atoms with E-state index >= 15 is 0 Å². The molecule has 1 saturated carbocycles. The number of carbonyl (C=O) groups excluding carboxylic acids is 3. The topological polar surface area (TPSA) is 150 Å². The molecular formula is C18H18N2O9S. The second-order valence-corrected chi connectivity index (χ2v) is 8.59. The van der Waals surface area contributed by atoms with Crippen molar-refractivity contribution in [3.05, 3.63) is 46.5 Å². The van der Waals surface area contributed by atoms with Gasteiger partial charge in [-0.1, -0.05) is 18.2 Å². The first-order valence-electron chi connectivity index (χ1n) is 8.75. The van der Waals surface area contributed by atoms with E-state index in [9.17, 15) is 32.9 Å². The van der Waals surface area contributed by atoms with Crippen LogP contribution in [-0.2, 0) is 33.9 Å². The number of fused-ring (bicyclic) bond motifs is 1. The summed E-state index contributed by atoms with van der Waals surface area (Å²) in [5, 5.41) is 11.4. The molecule has 1 aromatic carbocycles. The molecule has 1 aromatic rings. The van der Waals surface area contributed by atoms with Crippen molar-refractivity contribution in [3.63, 3.8) is 0 Å². The smallest absolute Gasteiger partial charge is 0.320 e. The number of hydrogen-bond acceptors (Lipinski definition) is 9. The predicted octanol–water partition coefficient (Wildman–Crippen LogP) is 0.588. The van der Waals surface area contributed by atoms with E-state index in [0.29, 0.717) is 4.31 Å². The van der Waals surface area contributed by atoms with E-state index in [1.54, 1.807) is 0 Å². The van der Waals surface area contributed by atoms with Gasteiger partial charge in [0.1, 0.15) is 11.2 Å². The highest BCUT2D eigenvalue weighted by molar-refractivity contribution is 7.89. The standard InChI is InChI=1S/C18H18N2O9S/c1-28-15-10-11(21)9-14-18(15,17(23)29-2)8-7-16(22)19(14)30(26,27)13-6-4-3-5-12(13)20(24)25/h3-8,14-15H,9-10H2,1-2H3/t14-,15+,18+/m0/s1. The molecule has 0 bridgehead atoms. The molecule has 30 heavy (non-hydrogen) atoms. The number of esters is 1. The van der Waals surface area contributed by atoms with Gasteiger partial charge in [0.25, 0.3) is 21.6 Å². The van der Waals surface area contributed by atoms with Gasteiger partial charge in [-0.2, -0.15) is 0 Å². The number of Topliss-reactive ketones (excluding diaryl/α,β-unsaturated/α-hetero) is 1. The quantitative estimate of drug-likeness (QED) is 0.365. The zero-order chi connectivity index (χ0) is 22.3. The molecule has 3 atom stereocenters. The Hall–Kier alpha value is -3.12. The molecule has 1 aliphatic heterocycles. The molecule has 1 aliphatic carbocycles. The van der Waals surface area contributed by atoms with Crippen LogP contribution in [0.15, 0.2) is 41.3 Å². The van der Waals surface area contributed by atoms with Crippen LogP contribution < -0.4 is 0 Å². The maximum atomic E-state index is 13.4. The third-order valence-electron chi connectivity index (χ3n) is 5.34. The van der Waals surface area contributed by atoms with Crippen LogP contribution in [-0.4, -0.2) is 61.7 Å². The summed E-state index contributed by atoms with van der Waals surface area (Å²) in [4.78, 5) is 47.5. The second kappa shape index (κ2) is 7.61. The number of nitro groups is 1. The lowest BCUT2D eigenvalue weighted by atomic mass is 9.66. The van der Waals surface area contributed by atoms with Gasteiger partial charge in [-0.3, -0.25) is 24.5 Å². The van der Waals surface area contributed by atoms with E-state index in [0.717, 1.165) is 25.3 Å². The molecule has 0 unspecified atom stereocenters. The SMILES string of the molecule is COC(=O)[C@]12C=CC(=O)N(S(=O)(=O)c3ccccc3[N+](=O)[O-])[C@H]1CC(=O)C[C@H]2OC. The van der Waals surface area contributed by atoms with E-state index in [1.807, 2.05) is 0 Å². The molecule has 0 radical (unpaired) electrons. The lowest BCUT2D eigenvalue weighted by Crippen LogP contribution is -2.65. The summed E-state index contributed by atoms with van der Waals surface area (Å²) in [5.74, 6) is -2.36. The first kappa shape index (κ1) is 21.6. The largest absolute Gasteiger partial charge is 0.468 e. The average molecular weight is 438 g/mol. The summed E-state index contributed by atoms with van der Waals surface area (Å²) in [5.41, 5.74) is -2.52. The van der Waals surface area contributed by atoms with Crippen LogP contribution in [0.5, 0.6) is 0 Å². The number of methoxy groups -OCH3 is 2. The van der Waals surface area contributed by atoms with Crippen LogP contribution in [0.25, 0.3) is 0 Å². The molecular weight excluding hydrogens is 420 g/mol. The van der Waals surface area contributed by atoms with Crippen LogP contribution in [0.4, 0.5) is 5.69 Å². The first-order chi connectivity index (χ1) is 14.1. The van der Waals surface area contributed by atoms with Gasteiger partial charge in [0.15, 0.2) is 4.90 Å². The highest BCUT2D eigenvalue weighted by Gasteiger charge is 2.62. The summed E-state index contributed by atoms with van der Waals surface area (Å²) >= 11 is 0. The molecule has 0 aromatic heterocycles. The normalized spacial score (nSPS) is 26.3. The molecule has 11 nitrogen and oxygen atoms in total. The number of carbonyl (C=O) groups is 3. The van der Waals surface area contributed by atoms with Gasteiger partial charge >= 0.3 is 5.97 Å². The Kier molecular flexibility index (Phi) is 5.48. The Labute approximate surface area is 171 Å². The van der Waals surface area contributed by atoms with E-state index in [4.69, 9.17) is 9.47 Å². The van der Waals surface area contributed by atoms with Gasteiger partial charge < -0.3 is 9.47 Å². The predicted molar refractivity (Wildman–Crippen MR) is 99.5 cm³/mol. The Bertz CT molecular complexity index is 1070. The number of rotatable bonds is 5. The van der Waals surface area contributed by atoms with Gasteiger partial charge in [-0.05, 0) is 6.07 Å². The van der Waals surface area contributed by atoms with Crippen molar-refractivity contribution in [1.29, 1.82) is 0 Å². The number of nitro benzene ring substituents is 1. The Morgan fingerprint density at radius 2 is 1.90 bits per heavy atom. The molecule has 3 rings (SSSR count). The number of amides is 1. The minimum Gasteiger partial charge on any atom is -0.468 e. The molecule has 0 saturated heterocycles. The highest BCUT2D eigenvalue weighted by atomic mass is 32.2. The number of para-hydroxylation sites is 1. The van der Waals surface area contributed by atoms with Gasteiger partial charge in [-0.15, -0.1) is 0 Å². The Balaban J connectivity index is 2.26. The fraction of sp³-hybridized carbons (Fsp3) is 0.389. The highest BCUT2D eigenvalue weighted by Crippen LogP contribution is 2.46. The minimum absolute atomic E-state index is 0.194. The number of ether oxygens (including phenoxy) is 2. The van der Waals surface area contributed by atoms with Crippen LogP contribution in [0.3, 0.4) is 0 Å². The zero-order valence-corrected chi connectivity index (χ0v) is 16.8. The maximum absolute atomic E-state index is 13.4. The summed E-state index contributed by atoms with van der Waals surface area (Å²) in [7, 11) is -2.48. The molecule has 2 aliphatic rings. The second-order valence-electron chi connectivity index (χ2n) is 6.81. The van der Waals surface area contributed by atoms with Gasteiger partial charge in [0.05, 0.1) is 24.2 Å². The third-order valence-corrected chi connectivity index (χ3v) is 7.20. The summed E-state index contributed by atoms with van der Waals surface area (Å²) < 4.78 is 37.3. The number of nitrogens with zero attached hydrogens (tertiary/aromatic N) is 2. The molecule has 0 spiro atoms. The maximum Gasteiger partial charge on any atom is 0.320 e. The zero-order valence-electron chi connectivity index (χ0n) is 16.0. The fourth-order valence-corrected chi connectivity index (χ4v) is 5.75. The van der Waals surface area contributed by atoms with Gasteiger partial charge in [0.2, 0.25) is 0 Å². The van der Waals surface area contributed by atoms with E-state index in [2.05, 4.69) is 0 Å².